The number of pyridine rings is 1. The smallest absolute Gasteiger partial charge is 0.339 e. The molecule has 0 aromatic carbocycles. The molecular formula is C13H16BrNO5. The Balaban J connectivity index is 3.48. The predicted molar refractivity (Wildman–Crippen MR) is 75.6 cm³/mol. The van der Waals surface area contributed by atoms with Gasteiger partial charge in [-0.05, 0) is 27.9 Å². The van der Waals surface area contributed by atoms with Crippen molar-refractivity contribution in [3.63, 3.8) is 0 Å². The Morgan fingerprint density at radius 2 is 1.85 bits per heavy atom. The zero-order valence-electron chi connectivity index (χ0n) is 11.7. The van der Waals surface area contributed by atoms with E-state index in [9.17, 15) is 14.4 Å². The largest absolute Gasteiger partial charge is 0.467 e. The van der Waals surface area contributed by atoms with Crippen molar-refractivity contribution in [2.24, 2.45) is 5.92 Å². The number of aromatic nitrogens is 1. The molecule has 0 aliphatic carbocycles. The van der Waals surface area contributed by atoms with Crippen molar-refractivity contribution in [1.82, 2.24) is 4.57 Å². The van der Waals surface area contributed by atoms with E-state index < -0.39 is 23.5 Å². The zero-order valence-corrected chi connectivity index (χ0v) is 13.3. The summed E-state index contributed by atoms with van der Waals surface area (Å²) in [6.45, 7) is 3.57. The van der Waals surface area contributed by atoms with Crippen LogP contribution in [0.1, 0.15) is 30.2 Å². The van der Waals surface area contributed by atoms with Crippen LogP contribution < -0.4 is 5.56 Å². The molecule has 0 bridgehead atoms. The van der Waals surface area contributed by atoms with Crippen LogP contribution in [-0.4, -0.2) is 30.7 Å². The lowest BCUT2D eigenvalue weighted by Gasteiger charge is -2.21. The van der Waals surface area contributed by atoms with Crippen LogP contribution >= 0.6 is 15.9 Å². The van der Waals surface area contributed by atoms with Crippen LogP contribution in [0.3, 0.4) is 0 Å². The third kappa shape index (κ3) is 3.27. The molecule has 1 atom stereocenters. The van der Waals surface area contributed by atoms with E-state index in [0.29, 0.717) is 0 Å². The van der Waals surface area contributed by atoms with Crippen LogP contribution in [0.4, 0.5) is 0 Å². The van der Waals surface area contributed by atoms with Crippen molar-refractivity contribution in [2.45, 2.75) is 19.9 Å². The maximum Gasteiger partial charge on any atom is 0.339 e. The van der Waals surface area contributed by atoms with Gasteiger partial charge in [-0.25, -0.2) is 9.59 Å². The van der Waals surface area contributed by atoms with Crippen molar-refractivity contribution in [3.8, 4) is 0 Å². The minimum Gasteiger partial charge on any atom is -0.467 e. The molecule has 0 saturated heterocycles. The molecule has 0 N–H and O–H groups in total. The number of ether oxygens (including phenoxy) is 2. The molecule has 0 fully saturated rings. The molecule has 0 radical (unpaired) electrons. The Kier molecular flexibility index (Phi) is 5.50. The van der Waals surface area contributed by atoms with Gasteiger partial charge in [-0.3, -0.25) is 9.36 Å². The number of carbonyl (C=O) groups excluding carboxylic acids is 2. The second kappa shape index (κ2) is 6.69. The number of halogens is 1. The fourth-order valence-corrected chi connectivity index (χ4v) is 2.28. The first-order valence-corrected chi connectivity index (χ1v) is 6.70. The zero-order chi connectivity index (χ0) is 15.4. The van der Waals surface area contributed by atoms with Gasteiger partial charge in [0.15, 0.2) is 0 Å². The summed E-state index contributed by atoms with van der Waals surface area (Å²) in [7, 11) is 2.49. The van der Waals surface area contributed by atoms with Gasteiger partial charge in [0.05, 0.1) is 24.3 Å². The average molecular weight is 346 g/mol. The van der Waals surface area contributed by atoms with Crippen LogP contribution in [-0.2, 0) is 14.3 Å². The van der Waals surface area contributed by atoms with Crippen LogP contribution in [0.15, 0.2) is 21.5 Å². The Morgan fingerprint density at radius 3 is 2.30 bits per heavy atom. The van der Waals surface area contributed by atoms with E-state index in [4.69, 9.17) is 4.74 Å². The standard InChI is InChI=1S/C13H16BrNO5/c1-7(2)10(13(18)20-4)15-6-8(12(17)19-3)5-9(14)11(15)16/h5-7,10H,1-4H3/t10-/m1/s1. The SMILES string of the molecule is COC(=O)c1cc(Br)c(=O)n([C@@H](C(=O)OC)C(C)C)c1. The number of hydrogen-bond donors (Lipinski definition) is 0. The Labute approximate surface area is 124 Å². The highest BCUT2D eigenvalue weighted by Crippen LogP contribution is 2.20. The summed E-state index contributed by atoms with van der Waals surface area (Å²) in [5.41, 5.74) is -0.240. The molecule has 0 spiro atoms. The van der Waals surface area contributed by atoms with Crippen molar-refractivity contribution >= 4 is 27.9 Å². The molecule has 0 aliphatic heterocycles. The molecule has 20 heavy (non-hydrogen) atoms. The van der Waals surface area contributed by atoms with Gasteiger partial charge in [0.25, 0.3) is 5.56 Å². The molecule has 1 heterocycles. The molecule has 1 aromatic heterocycles. The average Bonchev–Trinajstić information content (AvgIpc) is 2.41. The summed E-state index contributed by atoms with van der Waals surface area (Å²) in [4.78, 5) is 35.6. The maximum absolute atomic E-state index is 12.2. The third-order valence-corrected chi connectivity index (χ3v) is 3.36. The second-order valence-corrected chi connectivity index (χ2v) is 5.35. The molecule has 0 aliphatic rings. The highest BCUT2D eigenvalue weighted by molar-refractivity contribution is 9.10. The molecule has 6 nitrogen and oxygen atoms in total. The van der Waals surface area contributed by atoms with E-state index in [2.05, 4.69) is 20.7 Å². The molecular weight excluding hydrogens is 330 g/mol. The summed E-state index contributed by atoms with van der Waals surface area (Å²) in [5.74, 6) is -1.32. The number of hydrogen-bond acceptors (Lipinski definition) is 5. The van der Waals surface area contributed by atoms with E-state index in [-0.39, 0.29) is 16.0 Å². The summed E-state index contributed by atoms with van der Waals surface area (Å²) in [6, 6.07) is 0.549. The van der Waals surface area contributed by atoms with Gasteiger partial charge >= 0.3 is 11.9 Å². The minimum absolute atomic E-state index is 0.175. The van der Waals surface area contributed by atoms with Crippen molar-refractivity contribution < 1.29 is 19.1 Å². The normalized spacial score (nSPS) is 12.1. The van der Waals surface area contributed by atoms with Gasteiger partial charge in [-0.1, -0.05) is 13.8 Å². The Bertz CT molecular complexity index is 579. The topological polar surface area (TPSA) is 74.6 Å². The number of nitrogens with zero attached hydrogens (tertiary/aromatic N) is 1. The summed E-state index contributed by atoms with van der Waals surface area (Å²) in [6.07, 6.45) is 1.31. The van der Waals surface area contributed by atoms with E-state index in [1.165, 1.54) is 31.0 Å². The minimum atomic E-state index is -0.812. The van der Waals surface area contributed by atoms with Crippen molar-refractivity contribution in [2.75, 3.05) is 14.2 Å². The highest BCUT2D eigenvalue weighted by Gasteiger charge is 2.27. The summed E-state index contributed by atoms with van der Waals surface area (Å²) >= 11 is 3.09. The summed E-state index contributed by atoms with van der Waals surface area (Å²) < 4.78 is 10.7. The number of methoxy groups -OCH3 is 2. The van der Waals surface area contributed by atoms with Crippen LogP contribution in [0.5, 0.6) is 0 Å². The maximum atomic E-state index is 12.2. The number of rotatable bonds is 4. The van der Waals surface area contributed by atoms with Gasteiger partial charge in [0.1, 0.15) is 6.04 Å². The van der Waals surface area contributed by atoms with Crippen LogP contribution in [0.2, 0.25) is 0 Å². The fraction of sp³-hybridized carbons (Fsp3) is 0.462. The lowest BCUT2D eigenvalue weighted by molar-refractivity contribution is -0.146. The van der Waals surface area contributed by atoms with Crippen molar-refractivity contribution in [3.05, 3.63) is 32.7 Å². The molecule has 0 saturated carbocycles. The first kappa shape index (κ1) is 16.4. The van der Waals surface area contributed by atoms with Crippen molar-refractivity contribution in [1.29, 1.82) is 0 Å². The Morgan fingerprint density at radius 1 is 1.25 bits per heavy atom. The lowest BCUT2D eigenvalue weighted by Crippen LogP contribution is -2.34. The summed E-state index contributed by atoms with van der Waals surface area (Å²) in [5, 5.41) is 0. The molecule has 0 amide bonds. The van der Waals surface area contributed by atoms with E-state index in [1.807, 2.05) is 0 Å². The second-order valence-electron chi connectivity index (χ2n) is 4.49. The highest BCUT2D eigenvalue weighted by atomic mass is 79.9. The molecule has 0 unspecified atom stereocenters. The van der Waals surface area contributed by atoms with Gasteiger partial charge in [0.2, 0.25) is 0 Å². The number of esters is 2. The van der Waals surface area contributed by atoms with Gasteiger partial charge in [0, 0.05) is 6.20 Å². The quantitative estimate of drug-likeness (QED) is 0.777. The fourth-order valence-electron chi connectivity index (χ4n) is 1.83. The van der Waals surface area contributed by atoms with Crippen LogP contribution in [0.25, 0.3) is 0 Å². The van der Waals surface area contributed by atoms with E-state index in [1.54, 1.807) is 13.8 Å². The van der Waals surface area contributed by atoms with Gasteiger partial charge in [-0.2, -0.15) is 0 Å². The van der Waals surface area contributed by atoms with E-state index >= 15 is 0 Å². The third-order valence-electron chi connectivity index (χ3n) is 2.79. The molecule has 1 rings (SSSR count). The molecule has 7 heteroatoms. The van der Waals surface area contributed by atoms with Gasteiger partial charge in [-0.15, -0.1) is 0 Å². The van der Waals surface area contributed by atoms with Crippen LogP contribution in [0, 0.1) is 5.92 Å². The first-order chi connectivity index (χ1) is 9.33. The lowest BCUT2D eigenvalue weighted by atomic mass is 10.0. The number of carbonyl (C=O) groups is 2. The monoisotopic (exact) mass is 345 g/mol. The Hall–Kier alpha value is -1.63. The van der Waals surface area contributed by atoms with E-state index in [0.717, 1.165) is 0 Å². The molecule has 1 aromatic rings. The van der Waals surface area contributed by atoms with Gasteiger partial charge < -0.3 is 9.47 Å². The predicted octanol–water partition coefficient (Wildman–Crippen LogP) is 1.77. The molecule has 110 valence electrons. The first-order valence-electron chi connectivity index (χ1n) is 5.91.